The number of carbonyl (C=O) groups is 2. The SMILES string of the molecule is CC[C@H]1CN(C(=O)OC(C)(C)C)[C@H](C)CN1CC(=O)N1CC(C)(C)c2cnc(Cc3ccccc3)cc21. The molecule has 1 saturated heterocycles. The maximum Gasteiger partial charge on any atom is 0.410 e. The fraction of sp³-hybridized carbons (Fsp3) is 0.567. The Bertz CT molecular complexity index is 1130. The Morgan fingerprint density at radius 1 is 1.14 bits per heavy atom. The fourth-order valence-corrected chi connectivity index (χ4v) is 5.45. The van der Waals surface area contributed by atoms with Crippen LogP contribution in [0.1, 0.15) is 71.7 Å². The Labute approximate surface area is 221 Å². The van der Waals surface area contributed by atoms with E-state index in [9.17, 15) is 9.59 Å². The zero-order chi connectivity index (χ0) is 27.0. The Morgan fingerprint density at radius 3 is 2.49 bits per heavy atom. The lowest BCUT2D eigenvalue weighted by atomic mass is 9.88. The summed E-state index contributed by atoms with van der Waals surface area (Å²) in [6.45, 7) is 16.3. The highest BCUT2D eigenvalue weighted by atomic mass is 16.6. The van der Waals surface area contributed by atoms with Gasteiger partial charge in [-0.2, -0.15) is 0 Å². The van der Waals surface area contributed by atoms with Gasteiger partial charge in [-0.25, -0.2) is 4.79 Å². The van der Waals surface area contributed by atoms with E-state index in [0.717, 1.165) is 29.8 Å². The van der Waals surface area contributed by atoms with Gasteiger partial charge in [-0.15, -0.1) is 0 Å². The van der Waals surface area contributed by atoms with E-state index in [4.69, 9.17) is 9.72 Å². The van der Waals surface area contributed by atoms with E-state index in [1.807, 2.05) is 61.9 Å². The van der Waals surface area contributed by atoms with Gasteiger partial charge < -0.3 is 14.5 Å². The predicted molar refractivity (Wildman–Crippen MR) is 147 cm³/mol. The van der Waals surface area contributed by atoms with Crippen LogP contribution < -0.4 is 4.90 Å². The van der Waals surface area contributed by atoms with Crippen molar-refractivity contribution < 1.29 is 14.3 Å². The third-order valence-electron chi connectivity index (χ3n) is 7.43. The van der Waals surface area contributed by atoms with Gasteiger partial charge in [-0.05, 0) is 45.7 Å². The number of rotatable bonds is 5. The molecule has 37 heavy (non-hydrogen) atoms. The quantitative estimate of drug-likeness (QED) is 0.570. The van der Waals surface area contributed by atoms with Crippen LogP contribution in [0.15, 0.2) is 42.6 Å². The van der Waals surface area contributed by atoms with E-state index < -0.39 is 5.60 Å². The van der Waals surface area contributed by atoms with Crippen molar-refractivity contribution in [2.45, 2.75) is 84.4 Å². The summed E-state index contributed by atoms with van der Waals surface area (Å²) in [7, 11) is 0. The molecule has 2 aliphatic heterocycles. The Balaban J connectivity index is 1.49. The van der Waals surface area contributed by atoms with Crippen molar-refractivity contribution >= 4 is 17.7 Å². The number of amides is 2. The minimum Gasteiger partial charge on any atom is -0.444 e. The normalized spacial score (nSPS) is 21.6. The molecule has 0 unspecified atom stereocenters. The summed E-state index contributed by atoms with van der Waals surface area (Å²) in [6, 6.07) is 12.5. The number of hydrogen-bond donors (Lipinski definition) is 0. The molecule has 0 radical (unpaired) electrons. The molecule has 2 atom stereocenters. The molecule has 2 aromatic rings. The van der Waals surface area contributed by atoms with Crippen LogP contribution in [0.4, 0.5) is 10.5 Å². The number of nitrogens with zero attached hydrogens (tertiary/aromatic N) is 4. The zero-order valence-electron chi connectivity index (χ0n) is 23.5. The molecule has 3 heterocycles. The molecule has 0 bridgehead atoms. The van der Waals surface area contributed by atoms with Crippen LogP contribution in [-0.4, -0.2) is 70.6 Å². The maximum atomic E-state index is 13.8. The van der Waals surface area contributed by atoms with Crippen molar-refractivity contribution in [2.24, 2.45) is 0 Å². The molecule has 200 valence electrons. The molecule has 0 N–H and O–H groups in total. The Morgan fingerprint density at radius 2 is 1.84 bits per heavy atom. The van der Waals surface area contributed by atoms with Crippen molar-refractivity contribution in [3.63, 3.8) is 0 Å². The van der Waals surface area contributed by atoms with E-state index in [1.54, 1.807) is 0 Å². The van der Waals surface area contributed by atoms with Gasteiger partial charge in [0.1, 0.15) is 5.60 Å². The molecule has 7 nitrogen and oxygen atoms in total. The van der Waals surface area contributed by atoms with E-state index >= 15 is 0 Å². The number of aromatic nitrogens is 1. The van der Waals surface area contributed by atoms with E-state index in [0.29, 0.717) is 26.2 Å². The summed E-state index contributed by atoms with van der Waals surface area (Å²) in [5.41, 5.74) is 3.57. The highest BCUT2D eigenvalue weighted by Gasteiger charge is 2.41. The zero-order valence-corrected chi connectivity index (χ0v) is 23.5. The largest absolute Gasteiger partial charge is 0.444 e. The van der Waals surface area contributed by atoms with Gasteiger partial charge in [0, 0.05) is 61.0 Å². The molecular weight excluding hydrogens is 464 g/mol. The van der Waals surface area contributed by atoms with Crippen molar-refractivity contribution in [2.75, 3.05) is 31.1 Å². The van der Waals surface area contributed by atoms with Crippen LogP contribution in [0.25, 0.3) is 0 Å². The number of hydrogen-bond acceptors (Lipinski definition) is 5. The summed E-state index contributed by atoms with van der Waals surface area (Å²) in [4.78, 5) is 37.3. The van der Waals surface area contributed by atoms with Crippen molar-refractivity contribution in [3.8, 4) is 0 Å². The number of benzene rings is 1. The van der Waals surface area contributed by atoms with Gasteiger partial charge in [0.2, 0.25) is 5.91 Å². The molecule has 7 heteroatoms. The first-order valence-corrected chi connectivity index (χ1v) is 13.5. The maximum absolute atomic E-state index is 13.8. The number of anilines is 1. The number of ether oxygens (including phenoxy) is 1. The van der Waals surface area contributed by atoms with Crippen molar-refractivity contribution in [3.05, 3.63) is 59.4 Å². The topological polar surface area (TPSA) is 66.0 Å². The molecule has 0 spiro atoms. The molecule has 2 aliphatic rings. The summed E-state index contributed by atoms with van der Waals surface area (Å²) in [5.74, 6) is 0.0973. The lowest BCUT2D eigenvalue weighted by Gasteiger charge is -2.45. The van der Waals surface area contributed by atoms with Crippen LogP contribution in [0, 0.1) is 0 Å². The minimum absolute atomic E-state index is 0.0329. The van der Waals surface area contributed by atoms with Crippen molar-refractivity contribution in [1.29, 1.82) is 0 Å². The number of piperazine rings is 1. The fourth-order valence-electron chi connectivity index (χ4n) is 5.45. The van der Waals surface area contributed by atoms with Gasteiger partial charge in [0.25, 0.3) is 0 Å². The second-order valence-electron chi connectivity index (χ2n) is 12.2. The molecule has 1 aromatic carbocycles. The average molecular weight is 507 g/mol. The summed E-state index contributed by atoms with van der Waals surface area (Å²) >= 11 is 0. The third kappa shape index (κ3) is 6.15. The lowest BCUT2D eigenvalue weighted by Crippen LogP contribution is -2.61. The van der Waals surface area contributed by atoms with E-state index in [-0.39, 0.29) is 29.5 Å². The first-order valence-electron chi connectivity index (χ1n) is 13.5. The van der Waals surface area contributed by atoms with E-state index in [2.05, 4.69) is 43.9 Å². The Hall–Kier alpha value is -2.93. The highest BCUT2D eigenvalue weighted by molar-refractivity contribution is 5.97. The minimum atomic E-state index is -0.532. The van der Waals surface area contributed by atoms with Crippen LogP contribution in [0.2, 0.25) is 0 Å². The molecule has 1 aromatic heterocycles. The molecule has 0 saturated carbocycles. The molecule has 2 amide bonds. The lowest BCUT2D eigenvalue weighted by molar-refractivity contribution is -0.121. The second-order valence-corrected chi connectivity index (χ2v) is 12.2. The number of fused-ring (bicyclic) bond motifs is 1. The van der Waals surface area contributed by atoms with Crippen LogP contribution >= 0.6 is 0 Å². The number of pyridine rings is 1. The van der Waals surface area contributed by atoms with E-state index in [1.165, 1.54) is 5.56 Å². The second kappa shape index (κ2) is 10.4. The predicted octanol–water partition coefficient (Wildman–Crippen LogP) is 5.02. The van der Waals surface area contributed by atoms with Gasteiger partial charge in [0.05, 0.1) is 12.2 Å². The van der Waals surface area contributed by atoms with Gasteiger partial charge in [-0.3, -0.25) is 14.7 Å². The molecular formula is C30H42N4O3. The van der Waals surface area contributed by atoms with Crippen LogP contribution in [0.3, 0.4) is 0 Å². The summed E-state index contributed by atoms with van der Waals surface area (Å²) in [5, 5.41) is 0. The summed E-state index contributed by atoms with van der Waals surface area (Å²) in [6.07, 6.45) is 3.26. The van der Waals surface area contributed by atoms with Crippen molar-refractivity contribution in [1.82, 2.24) is 14.8 Å². The molecule has 0 aliphatic carbocycles. The van der Waals surface area contributed by atoms with Crippen LogP contribution in [0.5, 0.6) is 0 Å². The van der Waals surface area contributed by atoms with Crippen LogP contribution in [-0.2, 0) is 21.4 Å². The standard InChI is InChI=1S/C30H42N4O3/c1-8-24-18-33(28(36)37-29(3,4)5)21(2)17-32(24)19-27(35)34-20-30(6,7)25-16-31-23(15-26(25)34)14-22-12-10-9-11-13-22/h9-13,15-16,21,24H,8,14,17-20H2,1-7H3/t21-,24+/m1/s1. The smallest absolute Gasteiger partial charge is 0.410 e. The first-order chi connectivity index (χ1) is 17.4. The molecule has 1 fully saturated rings. The monoisotopic (exact) mass is 506 g/mol. The highest BCUT2D eigenvalue weighted by Crippen LogP contribution is 2.40. The Kier molecular flexibility index (Phi) is 7.65. The van der Waals surface area contributed by atoms with Gasteiger partial charge >= 0.3 is 6.09 Å². The summed E-state index contributed by atoms with van der Waals surface area (Å²) < 4.78 is 5.64. The third-order valence-corrected chi connectivity index (χ3v) is 7.43. The van der Waals surface area contributed by atoms with Gasteiger partial charge in [-0.1, -0.05) is 51.1 Å². The first kappa shape index (κ1) is 27.1. The molecule has 4 rings (SSSR count). The van der Waals surface area contributed by atoms with Gasteiger partial charge in [0.15, 0.2) is 0 Å². The number of carbonyl (C=O) groups excluding carboxylic acids is 2. The average Bonchev–Trinajstić information content (AvgIpc) is 3.09.